The zero-order valence-electron chi connectivity index (χ0n) is 15.6. The SMILES string of the molecule is COc1cncc(C2C=C(F)C=CC2[C@H]2CC(=O)c3c(C)nc(N)nc3C2)n1. The lowest BCUT2D eigenvalue weighted by Crippen LogP contribution is -2.31. The van der Waals surface area contributed by atoms with Gasteiger partial charge in [0.2, 0.25) is 11.8 Å². The molecule has 0 bridgehead atoms. The second-order valence-corrected chi connectivity index (χ2v) is 7.08. The molecule has 0 spiro atoms. The number of hydrogen-bond acceptors (Lipinski definition) is 7. The first-order valence-electron chi connectivity index (χ1n) is 9.04. The van der Waals surface area contributed by atoms with E-state index in [0.29, 0.717) is 41.4 Å². The maximum Gasteiger partial charge on any atom is 0.232 e. The monoisotopic (exact) mass is 381 g/mol. The number of nitrogens with zero attached hydrogens (tertiary/aromatic N) is 4. The first kappa shape index (κ1) is 18.2. The third kappa shape index (κ3) is 3.26. The van der Waals surface area contributed by atoms with Gasteiger partial charge >= 0.3 is 0 Å². The van der Waals surface area contributed by atoms with E-state index in [9.17, 15) is 9.18 Å². The first-order chi connectivity index (χ1) is 13.5. The Bertz CT molecular complexity index is 1000. The number of aromatic nitrogens is 4. The van der Waals surface area contributed by atoms with Gasteiger partial charge in [-0.15, -0.1) is 0 Å². The topological polar surface area (TPSA) is 104 Å². The molecule has 0 saturated heterocycles. The number of methoxy groups -OCH3 is 1. The second-order valence-electron chi connectivity index (χ2n) is 7.08. The summed E-state index contributed by atoms with van der Waals surface area (Å²) in [6.07, 6.45) is 8.77. The van der Waals surface area contributed by atoms with Crippen LogP contribution in [0.2, 0.25) is 0 Å². The molecule has 2 heterocycles. The fourth-order valence-electron chi connectivity index (χ4n) is 4.11. The highest BCUT2D eigenvalue weighted by Gasteiger charge is 2.37. The molecular weight excluding hydrogens is 361 g/mol. The number of nitrogens with two attached hydrogens (primary N) is 1. The van der Waals surface area contributed by atoms with Crippen LogP contribution < -0.4 is 10.5 Å². The van der Waals surface area contributed by atoms with Crippen molar-refractivity contribution in [3.05, 3.63) is 59.1 Å². The first-order valence-corrected chi connectivity index (χ1v) is 9.04. The van der Waals surface area contributed by atoms with Crippen molar-refractivity contribution in [3.8, 4) is 5.88 Å². The molecule has 144 valence electrons. The van der Waals surface area contributed by atoms with Crippen molar-refractivity contribution in [1.29, 1.82) is 0 Å². The third-order valence-corrected chi connectivity index (χ3v) is 5.32. The number of ether oxygens (including phenoxy) is 1. The summed E-state index contributed by atoms with van der Waals surface area (Å²) in [5, 5.41) is 0. The van der Waals surface area contributed by atoms with E-state index >= 15 is 0 Å². The average Bonchev–Trinajstić information content (AvgIpc) is 2.67. The number of fused-ring (bicyclic) bond motifs is 1. The van der Waals surface area contributed by atoms with Gasteiger partial charge in [-0.05, 0) is 37.3 Å². The number of rotatable bonds is 3. The minimum Gasteiger partial charge on any atom is -0.480 e. The highest BCUT2D eigenvalue weighted by atomic mass is 19.1. The maximum absolute atomic E-state index is 14.1. The minimum absolute atomic E-state index is 0.0114. The summed E-state index contributed by atoms with van der Waals surface area (Å²) >= 11 is 0. The highest BCUT2D eigenvalue weighted by molar-refractivity contribution is 5.99. The molecular formula is C20H20FN5O2. The van der Waals surface area contributed by atoms with Gasteiger partial charge in [-0.2, -0.15) is 0 Å². The van der Waals surface area contributed by atoms with E-state index in [1.165, 1.54) is 25.5 Å². The summed E-state index contributed by atoms with van der Waals surface area (Å²) < 4.78 is 19.2. The van der Waals surface area contributed by atoms with Crippen LogP contribution in [0.1, 0.15) is 39.8 Å². The zero-order valence-corrected chi connectivity index (χ0v) is 15.6. The Hall–Kier alpha value is -3.16. The molecule has 3 atom stereocenters. The van der Waals surface area contributed by atoms with Gasteiger partial charge in [0.25, 0.3) is 0 Å². The molecule has 2 aromatic rings. The zero-order chi connectivity index (χ0) is 19.8. The minimum atomic E-state index is -0.354. The van der Waals surface area contributed by atoms with Crippen LogP contribution >= 0.6 is 0 Å². The van der Waals surface area contributed by atoms with Crippen LogP contribution in [0.5, 0.6) is 5.88 Å². The number of hydrogen-bond donors (Lipinski definition) is 1. The van der Waals surface area contributed by atoms with Crippen LogP contribution in [-0.4, -0.2) is 32.8 Å². The molecule has 2 aliphatic carbocycles. The number of aryl methyl sites for hydroxylation is 1. The van der Waals surface area contributed by atoms with E-state index in [1.807, 2.05) is 6.08 Å². The fraction of sp³-hybridized carbons (Fsp3) is 0.350. The van der Waals surface area contributed by atoms with Crippen molar-refractivity contribution in [2.45, 2.75) is 25.7 Å². The largest absolute Gasteiger partial charge is 0.480 e. The molecule has 2 unspecified atom stereocenters. The Balaban J connectivity index is 1.70. The smallest absolute Gasteiger partial charge is 0.232 e. The predicted molar refractivity (Wildman–Crippen MR) is 100 cm³/mol. The van der Waals surface area contributed by atoms with Gasteiger partial charge in [0.15, 0.2) is 5.78 Å². The van der Waals surface area contributed by atoms with Gasteiger partial charge in [-0.3, -0.25) is 9.78 Å². The number of nitrogen functional groups attached to an aromatic ring is 1. The van der Waals surface area contributed by atoms with Crippen molar-refractivity contribution in [1.82, 2.24) is 19.9 Å². The van der Waals surface area contributed by atoms with Crippen LogP contribution in [-0.2, 0) is 6.42 Å². The van der Waals surface area contributed by atoms with Crippen molar-refractivity contribution in [3.63, 3.8) is 0 Å². The third-order valence-electron chi connectivity index (χ3n) is 5.32. The molecule has 0 aliphatic heterocycles. The lowest BCUT2D eigenvalue weighted by Gasteiger charge is -2.34. The molecule has 2 N–H and O–H groups in total. The molecule has 8 heteroatoms. The lowest BCUT2D eigenvalue weighted by molar-refractivity contribution is 0.0929. The molecule has 0 saturated carbocycles. The van der Waals surface area contributed by atoms with Crippen LogP contribution in [0.4, 0.5) is 10.3 Å². The van der Waals surface area contributed by atoms with Crippen molar-refractivity contribution in [2.75, 3.05) is 12.8 Å². The molecule has 0 aromatic carbocycles. The number of carbonyl (C=O) groups excluding carboxylic acids is 1. The van der Waals surface area contributed by atoms with Crippen LogP contribution in [0.25, 0.3) is 0 Å². The quantitative estimate of drug-likeness (QED) is 0.872. The van der Waals surface area contributed by atoms with E-state index in [1.54, 1.807) is 13.1 Å². The summed E-state index contributed by atoms with van der Waals surface area (Å²) in [5.41, 5.74) is 8.20. The van der Waals surface area contributed by atoms with Crippen LogP contribution in [0.3, 0.4) is 0 Å². The van der Waals surface area contributed by atoms with E-state index in [2.05, 4.69) is 19.9 Å². The summed E-state index contributed by atoms with van der Waals surface area (Å²) in [7, 11) is 1.51. The standard InChI is InChI=1S/C20H20FN5O2/c1-10-19-15(26-20(22)24-10)5-11(6-17(19)27)13-4-3-12(21)7-14(13)16-8-23-9-18(25-16)28-2/h3-4,7-9,11,13-14H,5-6H2,1-2H3,(H2,22,24,26)/t11-,13?,14?/m1/s1. The Morgan fingerprint density at radius 3 is 2.82 bits per heavy atom. The molecule has 2 aromatic heterocycles. The summed E-state index contributed by atoms with van der Waals surface area (Å²) in [6, 6.07) is 0. The number of halogens is 1. The van der Waals surface area contributed by atoms with Gasteiger partial charge in [-0.25, -0.2) is 19.3 Å². The predicted octanol–water partition coefficient (Wildman–Crippen LogP) is 2.73. The fourth-order valence-corrected chi connectivity index (χ4v) is 4.11. The lowest BCUT2D eigenvalue weighted by atomic mass is 9.70. The second kappa shape index (κ2) is 7.10. The van der Waals surface area contributed by atoms with Crippen LogP contribution in [0.15, 0.2) is 36.4 Å². The molecule has 7 nitrogen and oxygen atoms in total. The average molecular weight is 381 g/mol. The van der Waals surface area contributed by atoms with Gasteiger partial charge in [0.05, 0.1) is 36.0 Å². The molecule has 2 aliphatic rings. The van der Waals surface area contributed by atoms with Crippen molar-refractivity contribution >= 4 is 11.7 Å². The number of Topliss-reactive ketones (excluding diaryl/α,β-unsaturated/α-hetero) is 1. The van der Waals surface area contributed by atoms with Crippen molar-refractivity contribution in [2.24, 2.45) is 11.8 Å². The molecule has 0 radical (unpaired) electrons. The molecule has 28 heavy (non-hydrogen) atoms. The van der Waals surface area contributed by atoms with Gasteiger partial charge in [-0.1, -0.05) is 6.08 Å². The number of allylic oxidation sites excluding steroid dienone is 4. The Morgan fingerprint density at radius 2 is 2.04 bits per heavy atom. The summed E-state index contributed by atoms with van der Waals surface area (Å²) in [5.74, 6) is -0.377. The van der Waals surface area contributed by atoms with Gasteiger partial charge in [0, 0.05) is 18.5 Å². The van der Waals surface area contributed by atoms with E-state index < -0.39 is 0 Å². The number of anilines is 1. The van der Waals surface area contributed by atoms with E-state index in [0.717, 1.165) is 0 Å². The summed E-state index contributed by atoms with van der Waals surface area (Å²) in [6.45, 7) is 1.77. The number of ketones is 1. The Kier molecular flexibility index (Phi) is 4.62. The Morgan fingerprint density at radius 1 is 1.21 bits per heavy atom. The highest BCUT2D eigenvalue weighted by Crippen LogP contribution is 2.41. The van der Waals surface area contributed by atoms with Crippen LogP contribution in [0, 0.1) is 18.8 Å². The van der Waals surface area contributed by atoms with Crippen molar-refractivity contribution < 1.29 is 13.9 Å². The Labute approximate surface area is 161 Å². The van der Waals surface area contributed by atoms with E-state index in [-0.39, 0.29) is 35.3 Å². The molecule has 0 fully saturated rings. The summed E-state index contributed by atoms with van der Waals surface area (Å²) in [4.78, 5) is 29.8. The number of carbonyl (C=O) groups is 1. The van der Waals surface area contributed by atoms with Gasteiger partial charge < -0.3 is 10.5 Å². The van der Waals surface area contributed by atoms with Gasteiger partial charge in [0.1, 0.15) is 5.83 Å². The molecule has 0 amide bonds. The maximum atomic E-state index is 14.1. The normalized spacial score (nSPS) is 23.9. The molecule has 4 rings (SSSR count). The van der Waals surface area contributed by atoms with E-state index in [4.69, 9.17) is 10.5 Å².